The van der Waals surface area contributed by atoms with E-state index in [4.69, 9.17) is 15.2 Å². The largest absolute Gasteiger partial charge is 0.454 e. The fourth-order valence-corrected chi connectivity index (χ4v) is 2.54. The van der Waals surface area contributed by atoms with Crippen LogP contribution in [0.2, 0.25) is 0 Å². The molecule has 1 heterocycles. The first-order valence-corrected chi connectivity index (χ1v) is 6.51. The number of amides is 1. The van der Waals surface area contributed by atoms with Crippen molar-refractivity contribution in [2.75, 3.05) is 13.8 Å². The van der Waals surface area contributed by atoms with Gasteiger partial charge in [0, 0.05) is 13.6 Å². The summed E-state index contributed by atoms with van der Waals surface area (Å²) in [6.07, 6.45) is 2.62. The number of carbonyl (C=O) groups is 1. The molecule has 19 heavy (non-hydrogen) atoms. The monoisotopic (exact) mass is 262 g/mol. The number of nitrogens with two attached hydrogens (primary N) is 1. The van der Waals surface area contributed by atoms with Crippen LogP contribution in [0.3, 0.4) is 0 Å². The van der Waals surface area contributed by atoms with Crippen LogP contribution in [0.25, 0.3) is 0 Å². The van der Waals surface area contributed by atoms with Gasteiger partial charge in [0.15, 0.2) is 11.5 Å². The Morgan fingerprint density at radius 3 is 2.79 bits per heavy atom. The number of ether oxygens (including phenoxy) is 2. The highest BCUT2D eigenvalue weighted by molar-refractivity contribution is 5.86. The van der Waals surface area contributed by atoms with Crippen molar-refractivity contribution in [1.82, 2.24) is 4.90 Å². The number of nitrogens with zero attached hydrogens (tertiary/aromatic N) is 1. The van der Waals surface area contributed by atoms with Gasteiger partial charge in [0.05, 0.1) is 5.54 Å². The van der Waals surface area contributed by atoms with Gasteiger partial charge >= 0.3 is 0 Å². The fraction of sp³-hybridized carbons (Fsp3) is 0.500. The maximum Gasteiger partial charge on any atom is 0.242 e. The lowest BCUT2D eigenvalue weighted by atomic mass is 9.76. The molecular formula is C14H18N2O3. The van der Waals surface area contributed by atoms with Crippen LogP contribution < -0.4 is 15.2 Å². The van der Waals surface area contributed by atoms with E-state index in [0.717, 1.165) is 36.3 Å². The average Bonchev–Trinajstić information content (AvgIpc) is 2.82. The van der Waals surface area contributed by atoms with E-state index in [0.29, 0.717) is 6.54 Å². The number of fused-ring (bicyclic) bond motifs is 1. The zero-order valence-electron chi connectivity index (χ0n) is 11.0. The first kappa shape index (κ1) is 12.3. The maximum absolute atomic E-state index is 12.2. The lowest BCUT2D eigenvalue weighted by molar-refractivity contribution is -0.139. The number of rotatable bonds is 3. The third kappa shape index (κ3) is 2.14. The van der Waals surface area contributed by atoms with Crippen molar-refractivity contribution in [3.63, 3.8) is 0 Å². The Bertz CT molecular complexity index is 511. The normalized spacial score (nSPS) is 18.8. The Hall–Kier alpha value is -1.75. The fourth-order valence-electron chi connectivity index (χ4n) is 2.54. The highest BCUT2D eigenvalue weighted by atomic mass is 16.7. The van der Waals surface area contributed by atoms with Crippen LogP contribution in [0.4, 0.5) is 0 Å². The predicted molar refractivity (Wildman–Crippen MR) is 69.8 cm³/mol. The highest BCUT2D eigenvalue weighted by Gasteiger charge is 2.41. The maximum atomic E-state index is 12.2. The van der Waals surface area contributed by atoms with Crippen LogP contribution in [-0.2, 0) is 11.3 Å². The quantitative estimate of drug-likeness (QED) is 0.890. The second-order valence-electron chi connectivity index (χ2n) is 5.36. The van der Waals surface area contributed by atoms with Crippen molar-refractivity contribution in [3.05, 3.63) is 23.8 Å². The number of carbonyl (C=O) groups excluding carboxylic acids is 1. The zero-order valence-corrected chi connectivity index (χ0v) is 11.0. The summed E-state index contributed by atoms with van der Waals surface area (Å²) in [7, 11) is 1.79. The molecule has 0 atom stereocenters. The number of likely N-dealkylation sites (N-methyl/N-ethyl adjacent to an activating group) is 1. The van der Waals surface area contributed by atoms with Crippen molar-refractivity contribution in [1.29, 1.82) is 0 Å². The summed E-state index contributed by atoms with van der Waals surface area (Å²) in [5.41, 5.74) is 6.44. The lowest BCUT2D eigenvalue weighted by Gasteiger charge is -2.39. The molecule has 102 valence electrons. The van der Waals surface area contributed by atoms with Gasteiger partial charge in [0.25, 0.3) is 0 Å². The Balaban J connectivity index is 1.69. The summed E-state index contributed by atoms with van der Waals surface area (Å²) in [6, 6.07) is 5.73. The van der Waals surface area contributed by atoms with E-state index in [1.807, 2.05) is 18.2 Å². The number of benzene rings is 1. The first-order valence-electron chi connectivity index (χ1n) is 6.51. The molecule has 5 nitrogen and oxygen atoms in total. The lowest BCUT2D eigenvalue weighted by Crippen LogP contribution is -2.58. The van der Waals surface area contributed by atoms with Crippen molar-refractivity contribution in [2.24, 2.45) is 5.73 Å². The summed E-state index contributed by atoms with van der Waals surface area (Å²) in [5.74, 6) is 1.52. The molecule has 0 bridgehead atoms. The van der Waals surface area contributed by atoms with Gasteiger partial charge in [-0.3, -0.25) is 4.79 Å². The minimum Gasteiger partial charge on any atom is -0.454 e. The van der Waals surface area contributed by atoms with Crippen LogP contribution in [0.15, 0.2) is 18.2 Å². The number of hydrogen-bond acceptors (Lipinski definition) is 4. The molecule has 1 saturated carbocycles. The van der Waals surface area contributed by atoms with E-state index in [1.165, 1.54) is 0 Å². The molecule has 1 aliphatic heterocycles. The Kier molecular flexibility index (Phi) is 2.86. The van der Waals surface area contributed by atoms with Crippen molar-refractivity contribution < 1.29 is 14.3 Å². The molecule has 1 aliphatic carbocycles. The molecule has 1 amide bonds. The Labute approximate surface area is 112 Å². The molecular weight excluding hydrogens is 244 g/mol. The van der Waals surface area contributed by atoms with Crippen LogP contribution in [-0.4, -0.2) is 30.2 Å². The van der Waals surface area contributed by atoms with Crippen LogP contribution in [0, 0.1) is 0 Å². The van der Waals surface area contributed by atoms with E-state index >= 15 is 0 Å². The van der Waals surface area contributed by atoms with Gasteiger partial charge in [-0.2, -0.15) is 0 Å². The summed E-state index contributed by atoms with van der Waals surface area (Å²) < 4.78 is 10.6. The third-order valence-corrected chi connectivity index (χ3v) is 3.88. The second-order valence-corrected chi connectivity index (χ2v) is 5.36. The molecule has 2 N–H and O–H groups in total. The van der Waals surface area contributed by atoms with E-state index < -0.39 is 5.54 Å². The zero-order chi connectivity index (χ0) is 13.5. The topological polar surface area (TPSA) is 64.8 Å². The molecule has 0 unspecified atom stereocenters. The molecule has 0 radical (unpaired) electrons. The molecule has 5 heteroatoms. The summed E-state index contributed by atoms with van der Waals surface area (Å²) in [5, 5.41) is 0. The van der Waals surface area contributed by atoms with Gasteiger partial charge in [-0.1, -0.05) is 6.07 Å². The molecule has 2 aliphatic rings. The molecule has 0 spiro atoms. The molecule has 1 aromatic rings. The SMILES string of the molecule is CN(Cc1ccc2c(c1)OCO2)C(=O)C1(N)CCC1. The molecule has 1 aromatic carbocycles. The minimum absolute atomic E-state index is 0.0245. The summed E-state index contributed by atoms with van der Waals surface area (Å²) in [6.45, 7) is 0.799. The van der Waals surface area contributed by atoms with Crippen LogP contribution in [0.1, 0.15) is 24.8 Å². The smallest absolute Gasteiger partial charge is 0.242 e. The van der Waals surface area contributed by atoms with Gasteiger partial charge in [-0.15, -0.1) is 0 Å². The molecule has 3 rings (SSSR count). The van der Waals surface area contributed by atoms with Gasteiger partial charge < -0.3 is 20.1 Å². The van der Waals surface area contributed by atoms with Gasteiger partial charge in [0.1, 0.15) is 0 Å². The standard InChI is InChI=1S/C14H18N2O3/c1-16(13(17)14(15)5-2-6-14)8-10-3-4-11-12(7-10)19-9-18-11/h3-4,7H,2,5-6,8-9,15H2,1H3. The van der Waals surface area contributed by atoms with Crippen molar-refractivity contribution in [3.8, 4) is 11.5 Å². The summed E-state index contributed by atoms with van der Waals surface area (Å²) >= 11 is 0. The van der Waals surface area contributed by atoms with E-state index in [9.17, 15) is 4.79 Å². The van der Waals surface area contributed by atoms with E-state index in [2.05, 4.69) is 0 Å². The average molecular weight is 262 g/mol. The number of hydrogen-bond donors (Lipinski definition) is 1. The van der Waals surface area contributed by atoms with Gasteiger partial charge in [0.2, 0.25) is 12.7 Å². The van der Waals surface area contributed by atoms with Crippen molar-refractivity contribution >= 4 is 5.91 Å². The van der Waals surface area contributed by atoms with Crippen LogP contribution in [0.5, 0.6) is 11.5 Å². The first-order chi connectivity index (χ1) is 9.08. The minimum atomic E-state index is -0.634. The van der Waals surface area contributed by atoms with Gasteiger partial charge in [-0.05, 0) is 37.0 Å². The third-order valence-electron chi connectivity index (χ3n) is 3.88. The molecule has 0 saturated heterocycles. The summed E-state index contributed by atoms with van der Waals surface area (Å²) in [4.78, 5) is 13.9. The Morgan fingerprint density at radius 1 is 1.37 bits per heavy atom. The second kappa shape index (κ2) is 4.42. The molecule has 1 fully saturated rings. The highest BCUT2D eigenvalue weighted by Crippen LogP contribution is 2.34. The van der Waals surface area contributed by atoms with Gasteiger partial charge in [-0.25, -0.2) is 0 Å². The predicted octanol–water partition coefficient (Wildman–Crippen LogP) is 1.26. The van der Waals surface area contributed by atoms with Crippen molar-refractivity contribution in [2.45, 2.75) is 31.3 Å². The van der Waals surface area contributed by atoms with Crippen LogP contribution >= 0.6 is 0 Å². The van der Waals surface area contributed by atoms with E-state index in [-0.39, 0.29) is 12.7 Å². The molecule has 0 aromatic heterocycles. The van der Waals surface area contributed by atoms with E-state index in [1.54, 1.807) is 11.9 Å². The Morgan fingerprint density at radius 2 is 2.11 bits per heavy atom.